The van der Waals surface area contributed by atoms with Gasteiger partial charge in [0.15, 0.2) is 5.82 Å². The topological polar surface area (TPSA) is 77.0 Å². The minimum atomic E-state index is 0.390. The average molecular weight is 253 g/mol. The van der Waals surface area contributed by atoms with Crippen LogP contribution in [0.25, 0.3) is 0 Å². The summed E-state index contributed by atoms with van der Waals surface area (Å²) >= 11 is 5.78. The van der Waals surface area contributed by atoms with Crippen LogP contribution >= 0.6 is 11.6 Å². The van der Waals surface area contributed by atoms with Crippen LogP contribution in [0.5, 0.6) is 0 Å². The fourth-order valence-electron chi connectivity index (χ4n) is 1.36. The molecule has 0 bridgehead atoms. The lowest BCUT2D eigenvalue weighted by Crippen LogP contribution is -2.04. The van der Waals surface area contributed by atoms with Crippen molar-refractivity contribution in [1.29, 1.82) is 0 Å². The number of oxazole rings is 1. The van der Waals surface area contributed by atoms with E-state index in [1.165, 1.54) is 0 Å². The summed E-state index contributed by atoms with van der Waals surface area (Å²) < 4.78 is 5.43. The van der Waals surface area contributed by atoms with Gasteiger partial charge in [0.05, 0.1) is 17.9 Å². The Bertz CT molecular complexity index is 519. The van der Waals surface area contributed by atoms with Gasteiger partial charge >= 0.3 is 0 Å². The number of anilines is 2. The highest BCUT2D eigenvalue weighted by Crippen LogP contribution is 2.19. The molecular formula is C11H13ClN4O. The molecule has 2 aromatic rings. The van der Waals surface area contributed by atoms with E-state index in [0.29, 0.717) is 29.1 Å². The number of aryl methyl sites for hydroxylation is 2. The summed E-state index contributed by atoms with van der Waals surface area (Å²) in [5.74, 6) is 1.95. The SMILES string of the molecule is Cc1nc(CNc2nc(Cl)ccc2N)oc1C. The highest BCUT2D eigenvalue weighted by molar-refractivity contribution is 6.29. The lowest BCUT2D eigenvalue weighted by atomic mass is 10.4. The number of rotatable bonds is 3. The Kier molecular flexibility index (Phi) is 3.19. The summed E-state index contributed by atoms with van der Waals surface area (Å²) in [6.07, 6.45) is 0. The first-order valence-corrected chi connectivity index (χ1v) is 5.53. The van der Waals surface area contributed by atoms with Gasteiger partial charge in [0.1, 0.15) is 10.9 Å². The molecule has 5 nitrogen and oxygen atoms in total. The molecule has 0 aliphatic carbocycles. The summed E-state index contributed by atoms with van der Waals surface area (Å²) in [5.41, 5.74) is 7.17. The van der Waals surface area contributed by atoms with E-state index in [2.05, 4.69) is 15.3 Å². The Labute approximate surface area is 104 Å². The first-order valence-electron chi connectivity index (χ1n) is 5.15. The fraction of sp³-hybridized carbons (Fsp3) is 0.273. The molecule has 0 aliphatic heterocycles. The van der Waals surface area contributed by atoms with Crippen molar-refractivity contribution in [2.75, 3.05) is 11.1 Å². The largest absolute Gasteiger partial charge is 0.444 e. The second-order valence-electron chi connectivity index (χ2n) is 3.67. The maximum Gasteiger partial charge on any atom is 0.213 e. The molecule has 0 unspecified atom stereocenters. The zero-order valence-electron chi connectivity index (χ0n) is 9.62. The predicted octanol–water partition coefficient (Wildman–Crippen LogP) is 2.53. The molecule has 0 saturated carbocycles. The van der Waals surface area contributed by atoms with Gasteiger partial charge in [-0.15, -0.1) is 0 Å². The molecular weight excluding hydrogens is 240 g/mol. The Balaban J connectivity index is 2.09. The van der Waals surface area contributed by atoms with Gasteiger partial charge in [-0.05, 0) is 26.0 Å². The van der Waals surface area contributed by atoms with E-state index >= 15 is 0 Å². The number of aromatic nitrogens is 2. The van der Waals surface area contributed by atoms with Gasteiger partial charge in [-0.2, -0.15) is 0 Å². The van der Waals surface area contributed by atoms with Crippen molar-refractivity contribution in [2.24, 2.45) is 0 Å². The third-order valence-corrected chi connectivity index (χ3v) is 2.58. The zero-order valence-corrected chi connectivity index (χ0v) is 10.4. The smallest absolute Gasteiger partial charge is 0.213 e. The van der Waals surface area contributed by atoms with E-state index in [-0.39, 0.29) is 0 Å². The van der Waals surface area contributed by atoms with Gasteiger partial charge in [-0.25, -0.2) is 9.97 Å². The van der Waals surface area contributed by atoms with E-state index in [1.54, 1.807) is 12.1 Å². The number of hydrogen-bond donors (Lipinski definition) is 2. The molecule has 0 aliphatic rings. The summed E-state index contributed by atoms with van der Waals surface area (Å²) in [7, 11) is 0. The molecule has 0 amide bonds. The predicted molar refractivity (Wildman–Crippen MR) is 67.0 cm³/mol. The zero-order chi connectivity index (χ0) is 12.4. The van der Waals surface area contributed by atoms with Crippen LogP contribution in [0.3, 0.4) is 0 Å². The Morgan fingerprint density at radius 1 is 1.35 bits per heavy atom. The number of hydrogen-bond acceptors (Lipinski definition) is 5. The molecule has 6 heteroatoms. The molecule has 0 saturated heterocycles. The number of nitrogens with one attached hydrogen (secondary N) is 1. The minimum absolute atomic E-state index is 0.390. The highest BCUT2D eigenvalue weighted by atomic mass is 35.5. The number of nitrogens with two attached hydrogens (primary N) is 1. The molecule has 90 valence electrons. The summed E-state index contributed by atoms with van der Waals surface area (Å²) in [6, 6.07) is 3.34. The second kappa shape index (κ2) is 4.63. The monoisotopic (exact) mass is 252 g/mol. The van der Waals surface area contributed by atoms with Gasteiger partial charge in [0.2, 0.25) is 5.89 Å². The molecule has 2 rings (SSSR count). The van der Waals surface area contributed by atoms with Crippen molar-refractivity contribution in [3.05, 3.63) is 34.6 Å². The first kappa shape index (κ1) is 11.7. The van der Waals surface area contributed by atoms with Crippen molar-refractivity contribution in [3.8, 4) is 0 Å². The normalized spacial score (nSPS) is 10.5. The van der Waals surface area contributed by atoms with E-state index in [1.807, 2.05) is 13.8 Å². The van der Waals surface area contributed by atoms with E-state index in [9.17, 15) is 0 Å². The Morgan fingerprint density at radius 2 is 2.12 bits per heavy atom. The van der Waals surface area contributed by atoms with Crippen molar-refractivity contribution >= 4 is 23.1 Å². The van der Waals surface area contributed by atoms with Crippen LogP contribution in [0.2, 0.25) is 5.15 Å². The molecule has 2 aromatic heterocycles. The maximum absolute atomic E-state index is 5.78. The number of halogens is 1. The van der Waals surface area contributed by atoms with Gasteiger partial charge in [-0.1, -0.05) is 11.6 Å². The summed E-state index contributed by atoms with van der Waals surface area (Å²) in [5, 5.41) is 3.42. The number of nitrogens with zero attached hydrogens (tertiary/aromatic N) is 2. The number of pyridine rings is 1. The van der Waals surface area contributed by atoms with Crippen LogP contribution in [0.15, 0.2) is 16.5 Å². The quantitative estimate of drug-likeness (QED) is 0.821. The third-order valence-electron chi connectivity index (χ3n) is 2.37. The van der Waals surface area contributed by atoms with Crippen LogP contribution in [0.1, 0.15) is 17.3 Å². The Morgan fingerprint density at radius 3 is 2.76 bits per heavy atom. The van der Waals surface area contributed by atoms with Gasteiger partial charge < -0.3 is 15.5 Å². The maximum atomic E-state index is 5.78. The van der Waals surface area contributed by atoms with Crippen LogP contribution in [0, 0.1) is 13.8 Å². The molecule has 0 fully saturated rings. The molecule has 0 radical (unpaired) electrons. The molecule has 3 N–H and O–H groups in total. The fourth-order valence-corrected chi connectivity index (χ4v) is 1.51. The summed E-state index contributed by atoms with van der Waals surface area (Å²) in [6.45, 7) is 4.19. The molecule has 0 spiro atoms. The molecule has 17 heavy (non-hydrogen) atoms. The van der Waals surface area contributed by atoms with Crippen LogP contribution < -0.4 is 11.1 Å². The van der Waals surface area contributed by atoms with Crippen LogP contribution in [0.4, 0.5) is 11.5 Å². The van der Waals surface area contributed by atoms with Gasteiger partial charge in [0, 0.05) is 0 Å². The summed E-state index contributed by atoms with van der Waals surface area (Å²) in [4.78, 5) is 8.32. The van der Waals surface area contributed by atoms with E-state index < -0.39 is 0 Å². The molecule has 0 atom stereocenters. The second-order valence-corrected chi connectivity index (χ2v) is 4.06. The van der Waals surface area contributed by atoms with E-state index in [4.69, 9.17) is 21.8 Å². The van der Waals surface area contributed by atoms with Crippen LogP contribution in [-0.4, -0.2) is 9.97 Å². The van der Waals surface area contributed by atoms with Crippen LogP contribution in [-0.2, 0) is 6.54 Å². The third kappa shape index (κ3) is 2.68. The molecule has 2 heterocycles. The van der Waals surface area contributed by atoms with Gasteiger partial charge in [0.25, 0.3) is 0 Å². The van der Waals surface area contributed by atoms with Gasteiger partial charge in [-0.3, -0.25) is 0 Å². The van der Waals surface area contributed by atoms with Crippen molar-refractivity contribution in [3.63, 3.8) is 0 Å². The minimum Gasteiger partial charge on any atom is -0.444 e. The first-order chi connectivity index (χ1) is 8.06. The lowest BCUT2D eigenvalue weighted by Gasteiger charge is -2.06. The highest BCUT2D eigenvalue weighted by Gasteiger charge is 2.07. The van der Waals surface area contributed by atoms with Crippen molar-refractivity contribution in [2.45, 2.75) is 20.4 Å². The lowest BCUT2D eigenvalue weighted by molar-refractivity contribution is 0.478. The average Bonchev–Trinajstić information content (AvgIpc) is 2.60. The Hall–Kier alpha value is -1.75. The standard InChI is InChI=1S/C11H13ClN4O/c1-6-7(2)17-10(15-6)5-14-11-8(13)3-4-9(12)16-11/h3-4H,5,13H2,1-2H3,(H,14,16). The van der Waals surface area contributed by atoms with Crippen molar-refractivity contribution < 1.29 is 4.42 Å². The van der Waals surface area contributed by atoms with Crippen molar-refractivity contribution in [1.82, 2.24) is 9.97 Å². The van der Waals surface area contributed by atoms with E-state index in [0.717, 1.165) is 11.5 Å². The number of nitrogen functional groups attached to an aromatic ring is 1. The molecule has 0 aromatic carbocycles.